The fraction of sp³-hybridized carbons (Fsp3) is 0.727. The molecule has 3 aliphatic heterocycles. The number of ketones is 3. The molecule has 17 atom stereocenters. The van der Waals surface area contributed by atoms with E-state index in [1.807, 2.05) is 0 Å². The Morgan fingerprint density at radius 1 is 0.831 bits per heavy atom. The van der Waals surface area contributed by atoms with Gasteiger partial charge in [0.1, 0.15) is 17.7 Å². The van der Waals surface area contributed by atoms with Crippen molar-refractivity contribution >= 4 is 28.4 Å². The second-order valence-corrected chi connectivity index (χ2v) is 33.5. The second-order valence-electron chi connectivity index (χ2n) is 33.5. The number of hydrogen-bond acceptors (Lipinski definition) is 9. The summed E-state index contributed by atoms with van der Waals surface area (Å²) < 4.78 is 14.6. The van der Waals surface area contributed by atoms with Crippen LogP contribution < -0.4 is 5.32 Å². The van der Waals surface area contributed by atoms with Crippen LogP contribution >= 0.6 is 0 Å². The maximum absolute atomic E-state index is 17.0. The van der Waals surface area contributed by atoms with Gasteiger partial charge in [0.25, 0.3) is 0 Å². The van der Waals surface area contributed by atoms with Crippen LogP contribution in [0.5, 0.6) is 0 Å². The monoisotopic (exact) mass is 1210 g/mol. The van der Waals surface area contributed by atoms with E-state index in [-0.39, 0.29) is 47.4 Å². The lowest BCUT2D eigenvalue weighted by Crippen LogP contribution is -2.75. The number of hydrogen-bond donors (Lipinski definition) is 6. The Morgan fingerprint density at radius 2 is 1.62 bits per heavy atom. The standard InChI is InChI=1S/C77H104N4O8/c1-9-10-12-19-53-66(85)61-59-52(65(84)67-72(5,73(53,59)6)28-24-57-74(67,7)76-29-23-44(37-76)62-49(25-32-79-62)60(76)68(86)75(57)26-15-18-47(38-75)78-8)42-81-41-51(63-64(81)45(40-80-63)22-27-71(61,4)39-56(83)69-70(2,3)89-69)58-50-35-46(43-16-13-11-14-17-43)36-54(48(50)20-21-55(58)82)77(87)30-33-88-34-31-77/h25,32,35-36,40-41,43-44,47,52-53,56-58,60,65,67,69,78-80,83-84,87H,9-24,26-31,33-34,37-39,42H2,1-8H3. The largest absolute Gasteiger partial charge is 0.392 e. The van der Waals surface area contributed by atoms with Crippen molar-refractivity contribution in [1.29, 1.82) is 0 Å². The van der Waals surface area contributed by atoms with Gasteiger partial charge in [-0.3, -0.25) is 14.4 Å². The molecule has 16 rings (SSSR count). The molecule has 2 bridgehead atoms. The number of aryl methyl sites for hydroxylation is 1. The van der Waals surface area contributed by atoms with Crippen molar-refractivity contribution in [3.63, 3.8) is 0 Å². The Morgan fingerprint density at radius 3 is 2.37 bits per heavy atom. The molecule has 89 heavy (non-hydrogen) atoms. The summed E-state index contributed by atoms with van der Waals surface area (Å²) in [5.74, 6) is -0.297. The minimum absolute atomic E-state index is 0.0501. The Kier molecular flexibility index (Phi) is 13.9. The number of ether oxygens (including phenoxy) is 2. The van der Waals surface area contributed by atoms with Crippen LogP contribution in [0, 0.1) is 56.2 Å². The van der Waals surface area contributed by atoms with E-state index in [9.17, 15) is 10.2 Å². The summed E-state index contributed by atoms with van der Waals surface area (Å²) >= 11 is 0. The van der Waals surface area contributed by atoms with E-state index in [1.165, 1.54) is 36.1 Å². The molecule has 3 aromatic heterocycles. The van der Waals surface area contributed by atoms with Crippen molar-refractivity contribution < 1.29 is 39.2 Å². The number of aromatic amines is 2. The van der Waals surface area contributed by atoms with E-state index in [1.54, 1.807) is 0 Å². The summed E-state index contributed by atoms with van der Waals surface area (Å²) in [6.45, 7) is 17.8. The van der Waals surface area contributed by atoms with E-state index >= 15 is 19.5 Å². The predicted octanol–water partition coefficient (Wildman–Crippen LogP) is 13.8. The molecule has 17 unspecified atom stereocenters. The van der Waals surface area contributed by atoms with E-state index < -0.39 is 67.7 Å². The Hall–Kier alpha value is -4.17. The molecule has 6 N–H and O–H groups in total. The van der Waals surface area contributed by atoms with Crippen LogP contribution in [0.4, 0.5) is 0 Å². The third kappa shape index (κ3) is 8.06. The lowest BCUT2D eigenvalue weighted by molar-refractivity contribution is -0.275. The zero-order chi connectivity index (χ0) is 61.7. The third-order valence-corrected chi connectivity index (χ3v) is 29.4. The second kappa shape index (κ2) is 20.7. The van der Waals surface area contributed by atoms with Gasteiger partial charge in [-0.1, -0.05) is 91.7 Å². The van der Waals surface area contributed by atoms with Gasteiger partial charge in [0.2, 0.25) is 0 Å². The average Bonchev–Trinajstić information content (AvgIpc) is 1.61. The number of H-pyrrole nitrogens is 2. The molecule has 4 aromatic rings. The Bertz CT molecular complexity index is 3570. The summed E-state index contributed by atoms with van der Waals surface area (Å²) in [5.41, 5.74) is 8.03. The van der Waals surface area contributed by atoms with Crippen molar-refractivity contribution in [2.24, 2.45) is 56.2 Å². The van der Waals surface area contributed by atoms with Gasteiger partial charge >= 0.3 is 0 Å². The van der Waals surface area contributed by atoms with Crippen LogP contribution in [-0.4, -0.2) is 97.4 Å². The maximum atomic E-state index is 17.0. The highest BCUT2D eigenvalue weighted by Gasteiger charge is 2.82. The normalized spacial score (nSPS) is 41.4. The number of epoxide rings is 1. The lowest BCUT2D eigenvalue weighted by atomic mass is 9.26. The molecule has 12 aliphatic rings. The van der Waals surface area contributed by atoms with Crippen LogP contribution in [0.2, 0.25) is 0 Å². The van der Waals surface area contributed by atoms with Gasteiger partial charge in [0.15, 0.2) is 5.78 Å². The first kappa shape index (κ1) is 59.8. The zero-order valence-electron chi connectivity index (χ0n) is 55.0. The number of rotatable bonds is 11. The van der Waals surface area contributed by atoms with E-state index in [2.05, 4.69) is 112 Å². The average molecular weight is 1210 g/mol. The number of unbranched alkanes of at least 4 members (excludes halogenated alkanes) is 2. The highest BCUT2D eigenvalue weighted by molar-refractivity contribution is 6.04. The number of aliphatic hydroxyl groups is 3. The first-order chi connectivity index (χ1) is 42.6. The van der Waals surface area contributed by atoms with Crippen LogP contribution in [0.3, 0.4) is 0 Å². The van der Waals surface area contributed by atoms with Crippen LogP contribution in [0.25, 0.3) is 11.0 Å². The number of allylic oxidation sites excluding steroid dienone is 1. The highest BCUT2D eigenvalue weighted by atomic mass is 16.6. The lowest BCUT2D eigenvalue weighted by Gasteiger charge is -2.77. The smallest absolute Gasteiger partial charge is 0.163 e. The van der Waals surface area contributed by atoms with Gasteiger partial charge in [-0.2, -0.15) is 0 Å². The summed E-state index contributed by atoms with van der Waals surface area (Å²) in [5, 5.41) is 44.3. The molecule has 1 aromatic carbocycles. The predicted molar refractivity (Wildman–Crippen MR) is 345 cm³/mol. The SMILES string of the molecule is CCCCCC1C(=O)C2=C3C(Cn4cc(C5C(=O)CCc6c5cc(C5CCCCC5)cc6C5(O)CCOCC5)c5[nH]cc(c54)CCC2(C)CC(O)C2OC2(C)C)C(O)C2C(C)(CCC4C5(CCCC(NC)C5)C(=O)C5c6cc[nH]c6C6CCC5(C6)C42C)C31C. The number of fused-ring (bicyclic) bond motifs is 10. The van der Waals surface area contributed by atoms with E-state index in [0.29, 0.717) is 82.3 Å². The molecular weight excluding hydrogens is 1110 g/mol. The van der Waals surface area contributed by atoms with Crippen molar-refractivity contribution in [3.05, 3.63) is 92.6 Å². The number of nitrogens with one attached hydrogen (secondary N) is 3. The molecule has 2 spiro atoms. The number of carbonyl (C=O) groups is 3. The quantitative estimate of drug-likeness (QED) is 0.0629. The number of nitrogens with zero attached hydrogens (tertiary/aromatic N) is 1. The Labute approximate surface area is 528 Å². The van der Waals surface area contributed by atoms with Gasteiger partial charge in [-0.05, 0) is 208 Å². The van der Waals surface area contributed by atoms with Crippen LogP contribution in [0.15, 0.2) is 47.9 Å². The number of carbonyl (C=O) groups excluding carboxylic acids is 3. The first-order valence-electron chi connectivity index (χ1n) is 36.0. The van der Waals surface area contributed by atoms with Gasteiger partial charge < -0.3 is 44.6 Å². The third-order valence-electron chi connectivity index (χ3n) is 29.4. The molecule has 0 amide bonds. The van der Waals surface area contributed by atoms with Gasteiger partial charge in [-0.25, -0.2) is 0 Å². The minimum Gasteiger partial charge on any atom is -0.392 e. The van der Waals surface area contributed by atoms with Crippen molar-refractivity contribution in [3.8, 4) is 0 Å². The number of aromatic nitrogens is 3. The Balaban J connectivity index is 0.925. The van der Waals surface area contributed by atoms with Crippen molar-refractivity contribution in [1.82, 2.24) is 19.9 Å². The molecule has 2 saturated heterocycles. The van der Waals surface area contributed by atoms with Gasteiger partial charge in [-0.15, -0.1) is 0 Å². The van der Waals surface area contributed by atoms with E-state index in [4.69, 9.17) is 9.47 Å². The number of Topliss-reactive ketones (excluding diaryl/α,β-unsaturated/α-hetero) is 3. The maximum Gasteiger partial charge on any atom is 0.163 e. The first-order valence-corrected chi connectivity index (χ1v) is 36.0. The molecular formula is C77H104N4O8. The molecule has 6 saturated carbocycles. The summed E-state index contributed by atoms with van der Waals surface area (Å²) in [6, 6.07) is 7.21. The molecule has 0 radical (unpaired) electrons. The molecule has 480 valence electrons. The van der Waals surface area contributed by atoms with Crippen molar-refractivity contribution in [2.75, 3.05) is 20.3 Å². The topological polar surface area (TPSA) is 182 Å². The van der Waals surface area contributed by atoms with Gasteiger partial charge in [0, 0.05) is 103 Å². The summed E-state index contributed by atoms with van der Waals surface area (Å²) in [6.07, 6.45) is 26.1. The minimum atomic E-state index is -1.04. The summed E-state index contributed by atoms with van der Waals surface area (Å²) in [7, 11) is 2.09. The fourth-order valence-electron chi connectivity index (χ4n) is 25.2. The molecule has 9 aliphatic carbocycles. The van der Waals surface area contributed by atoms with Crippen LogP contribution in [0.1, 0.15) is 264 Å². The molecule has 12 heteroatoms. The van der Waals surface area contributed by atoms with E-state index in [0.717, 1.165) is 146 Å². The summed E-state index contributed by atoms with van der Waals surface area (Å²) in [4.78, 5) is 56.7. The van der Waals surface area contributed by atoms with Crippen LogP contribution in [-0.2, 0) is 48.8 Å². The number of benzene rings is 1. The fourth-order valence-corrected chi connectivity index (χ4v) is 25.2. The molecule has 8 fully saturated rings. The van der Waals surface area contributed by atoms with Crippen molar-refractivity contribution in [2.45, 2.75) is 275 Å². The zero-order valence-corrected chi connectivity index (χ0v) is 55.0. The molecule has 12 nitrogen and oxygen atoms in total. The molecule has 6 heterocycles. The highest BCUT2D eigenvalue weighted by Crippen LogP contribution is 2.85. The van der Waals surface area contributed by atoms with Gasteiger partial charge in [0.05, 0.1) is 46.3 Å². The number of aliphatic hydroxyl groups excluding tert-OH is 2.